The maximum absolute atomic E-state index is 5.23. The minimum Gasteiger partial charge on any atom is -0.336 e. The molecule has 2 atom stereocenters. The van der Waals surface area contributed by atoms with Crippen molar-refractivity contribution in [2.24, 2.45) is 4.99 Å². The van der Waals surface area contributed by atoms with Gasteiger partial charge in [-0.15, -0.1) is 0 Å². The number of fused-ring (bicyclic) bond motifs is 5. The van der Waals surface area contributed by atoms with E-state index in [1.165, 1.54) is 27.1 Å². The number of allylic oxidation sites excluding steroid dienone is 2. The van der Waals surface area contributed by atoms with Gasteiger partial charge in [0.05, 0.1) is 11.0 Å². The minimum atomic E-state index is -0.148. The maximum atomic E-state index is 5.23. The molecule has 5 aromatic rings. The van der Waals surface area contributed by atoms with Crippen molar-refractivity contribution in [2.45, 2.75) is 25.2 Å². The fourth-order valence-corrected chi connectivity index (χ4v) is 5.45. The van der Waals surface area contributed by atoms with Crippen LogP contribution in [0.3, 0.4) is 0 Å². The van der Waals surface area contributed by atoms with Crippen LogP contribution in [0.2, 0.25) is 0 Å². The molecule has 0 amide bonds. The summed E-state index contributed by atoms with van der Waals surface area (Å²) in [5.74, 6) is 0.865. The Morgan fingerprint density at radius 1 is 0.743 bits per heavy atom. The second-order valence-electron chi connectivity index (χ2n) is 9.23. The highest BCUT2D eigenvalue weighted by molar-refractivity contribution is 6.23. The van der Waals surface area contributed by atoms with E-state index in [2.05, 4.69) is 124 Å². The number of hydrogen-bond acceptors (Lipinski definition) is 3. The molecular formula is C31H26N4. The zero-order valence-corrected chi connectivity index (χ0v) is 19.4. The number of nitrogens with one attached hydrogen (secondary N) is 2. The predicted molar refractivity (Wildman–Crippen MR) is 145 cm³/mol. The number of benzene rings is 4. The highest BCUT2D eigenvalue weighted by atomic mass is 15.4. The molecule has 4 aromatic carbocycles. The van der Waals surface area contributed by atoms with Gasteiger partial charge in [-0.2, -0.15) is 0 Å². The third-order valence-corrected chi connectivity index (χ3v) is 7.10. The van der Waals surface area contributed by atoms with Crippen molar-refractivity contribution in [3.8, 4) is 0 Å². The van der Waals surface area contributed by atoms with Crippen LogP contribution in [0.15, 0.2) is 120 Å². The molecule has 7 rings (SSSR count). The molecule has 4 heteroatoms. The van der Waals surface area contributed by atoms with Crippen LogP contribution in [0, 0.1) is 0 Å². The van der Waals surface area contributed by atoms with Crippen molar-refractivity contribution in [3.63, 3.8) is 0 Å². The first-order valence-electron chi connectivity index (χ1n) is 12.3. The maximum Gasteiger partial charge on any atom is 0.206 e. The highest BCUT2D eigenvalue weighted by Gasteiger charge is 2.28. The van der Waals surface area contributed by atoms with Crippen molar-refractivity contribution >= 4 is 38.5 Å². The molecular weight excluding hydrogens is 428 g/mol. The third kappa shape index (κ3) is 3.37. The topological polar surface area (TPSA) is 41.4 Å². The number of aromatic nitrogens is 1. The first-order valence-corrected chi connectivity index (χ1v) is 12.3. The van der Waals surface area contributed by atoms with Gasteiger partial charge in [0, 0.05) is 10.8 Å². The fourth-order valence-electron chi connectivity index (χ4n) is 5.45. The number of aliphatic imine (C=N–C) groups is 1. The zero-order chi connectivity index (χ0) is 23.2. The van der Waals surface area contributed by atoms with E-state index in [1.54, 1.807) is 0 Å². The van der Waals surface area contributed by atoms with E-state index < -0.39 is 0 Å². The van der Waals surface area contributed by atoms with Gasteiger partial charge in [-0.25, -0.2) is 4.99 Å². The minimum absolute atomic E-state index is 0.0269. The third-order valence-electron chi connectivity index (χ3n) is 7.10. The van der Waals surface area contributed by atoms with E-state index in [4.69, 9.17) is 4.99 Å². The van der Waals surface area contributed by atoms with Gasteiger partial charge in [-0.1, -0.05) is 97.1 Å². The van der Waals surface area contributed by atoms with Crippen LogP contribution >= 0.6 is 0 Å². The molecule has 0 bridgehead atoms. The van der Waals surface area contributed by atoms with Gasteiger partial charge in [0.25, 0.3) is 0 Å². The summed E-state index contributed by atoms with van der Waals surface area (Å²) in [7, 11) is 0. The van der Waals surface area contributed by atoms with Crippen LogP contribution in [-0.2, 0) is 0 Å². The molecule has 1 aliphatic heterocycles. The van der Waals surface area contributed by atoms with E-state index in [1.807, 2.05) is 0 Å². The van der Waals surface area contributed by atoms with E-state index >= 15 is 0 Å². The van der Waals surface area contributed by atoms with Crippen LogP contribution in [-0.4, -0.2) is 16.7 Å². The number of para-hydroxylation sites is 1. The predicted octanol–water partition coefficient (Wildman–Crippen LogP) is 6.65. The van der Waals surface area contributed by atoms with Gasteiger partial charge >= 0.3 is 0 Å². The van der Waals surface area contributed by atoms with E-state index in [0.717, 1.165) is 35.4 Å². The summed E-state index contributed by atoms with van der Waals surface area (Å²) in [6, 6.07) is 32.2. The zero-order valence-electron chi connectivity index (χ0n) is 19.4. The molecule has 0 saturated heterocycles. The Balaban J connectivity index is 1.48. The number of rotatable bonds is 2. The fraction of sp³-hybridized carbons (Fsp3) is 0.129. The molecule has 1 aliphatic carbocycles. The molecule has 0 radical (unpaired) electrons. The van der Waals surface area contributed by atoms with Crippen LogP contribution < -0.4 is 10.6 Å². The second-order valence-corrected chi connectivity index (χ2v) is 9.23. The molecule has 2 heterocycles. The van der Waals surface area contributed by atoms with Crippen LogP contribution in [0.5, 0.6) is 0 Å². The number of nitrogens with zero attached hydrogens (tertiary/aromatic N) is 2. The summed E-state index contributed by atoms with van der Waals surface area (Å²) >= 11 is 0. The monoisotopic (exact) mass is 454 g/mol. The van der Waals surface area contributed by atoms with Gasteiger partial charge in [0.15, 0.2) is 0 Å². The molecule has 35 heavy (non-hydrogen) atoms. The van der Waals surface area contributed by atoms with E-state index in [-0.39, 0.29) is 12.3 Å². The molecule has 170 valence electrons. The van der Waals surface area contributed by atoms with Gasteiger partial charge < -0.3 is 5.32 Å². The number of hydrogen-bond donors (Lipinski definition) is 2. The van der Waals surface area contributed by atoms with Gasteiger partial charge in [0.1, 0.15) is 12.3 Å². The average molecular weight is 455 g/mol. The Morgan fingerprint density at radius 3 is 2.40 bits per heavy atom. The smallest absolute Gasteiger partial charge is 0.206 e. The van der Waals surface area contributed by atoms with Crippen LogP contribution in [0.1, 0.15) is 24.6 Å². The summed E-state index contributed by atoms with van der Waals surface area (Å²) in [5.41, 5.74) is 4.74. The van der Waals surface area contributed by atoms with Gasteiger partial charge in [0.2, 0.25) is 5.96 Å². The normalized spacial score (nSPS) is 20.1. The largest absolute Gasteiger partial charge is 0.336 e. The first-order chi connectivity index (χ1) is 17.4. The molecule has 2 unspecified atom stereocenters. The first kappa shape index (κ1) is 20.2. The lowest BCUT2D eigenvalue weighted by atomic mass is 10.0. The Bertz CT molecular complexity index is 1660. The lowest BCUT2D eigenvalue weighted by molar-refractivity contribution is 0.434. The molecule has 1 aromatic heterocycles. The second kappa shape index (κ2) is 8.26. The van der Waals surface area contributed by atoms with Crippen LogP contribution in [0.25, 0.3) is 32.6 Å². The molecule has 0 fully saturated rings. The molecule has 0 saturated carbocycles. The summed E-state index contributed by atoms with van der Waals surface area (Å²) < 4.78 is 2.30. The van der Waals surface area contributed by atoms with Gasteiger partial charge in [-0.05, 0) is 46.9 Å². The van der Waals surface area contributed by atoms with Crippen molar-refractivity contribution in [3.05, 3.63) is 120 Å². The summed E-state index contributed by atoms with van der Waals surface area (Å²) in [6.07, 6.45) is 8.81. The Hall–Kier alpha value is -4.15. The van der Waals surface area contributed by atoms with Gasteiger partial charge in [-0.3, -0.25) is 9.88 Å². The molecule has 4 nitrogen and oxygen atoms in total. The van der Waals surface area contributed by atoms with Crippen molar-refractivity contribution in [1.29, 1.82) is 0 Å². The van der Waals surface area contributed by atoms with Crippen LogP contribution in [0.4, 0.5) is 0 Å². The average Bonchev–Trinajstić information content (AvgIpc) is 3.29. The van der Waals surface area contributed by atoms with Crippen molar-refractivity contribution in [1.82, 2.24) is 15.2 Å². The van der Waals surface area contributed by atoms with E-state index in [9.17, 15) is 0 Å². The van der Waals surface area contributed by atoms with E-state index in [0.29, 0.717) is 0 Å². The summed E-state index contributed by atoms with van der Waals surface area (Å²) in [4.78, 5) is 5.23. The Kier molecular flexibility index (Phi) is 4.78. The SMILES string of the molecule is C1=CC(C2NC(n3c4ccccc4c4c5ccccc5ccc43)=NC(c3ccccc3)N2)=CCC1. The summed E-state index contributed by atoms with van der Waals surface area (Å²) in [5, 5.41) is 12.5. The molecule has 2 N–H and O–H groups in total. The Morgan fingerprint density at radius 2 is 1.54 bits per heavy atom. The standard InChI is InChI=1S/C31H26N4/c1-3-12-22(13-4-1)29-32-30(23-14-5-2-6-15-23)34-31(33-29)35-26-18-10-9-17-25(26)28-24-16-8-7-11-21(24)19-20-27(28)35/h1,3-5,7-20,29-30,32H,2,6H2,(H,33,34). The lowest BCUT2D eigenvalue weighted by Gasteiger charge is -2.33. The Labute approximate surface area is 204 Å². The molecule has 2 aliphatic rings. The quantitative estimate of drug-likeness (QED) is 0.314. The lowest BCUT2D eigenvalue weighted by Crippen LogP contribution is -2.53. The van der Waals surface area contributed by atoms with Crippen molar-refractivity contribution < 1.29 is 0 Å². The van der Waals surface area contributed by atoms with Crippen molar-refractivity contribution in [2.75, 3.05) is 0 Å². The summed E-state index contributed by atoms with van der Waals surface area (Å²) in [6.45, 7) is 0. The molecule has 0 spiro atoms. The highest BCUT2D eigenvalue weighted by Crippen LogP contribution is 2.35.